The Morgan fingerprint density at radius 1 is 1.25 bits per heavy atom. The highest BCUT2D eigenvalue weighted by Gasteiger charge is 2.25. The molecule has 9 heteroatoms. The number of halogens is 2. The Labute approximate surface area is 149 Å². The third-order valence-corrected chi connectivity index (χ3v) is 6.93. The minimum absolute atomic E-state index is 0.0444. The van der Waals surface area contributed by atoms with Crippen molar-refractivity contribution in [2.75, 3.05) is 20.6 Å². The Hall–Kier alpha value is -1.48. The van der Waals surface area contributed by atoms with Crippen LogP contribution in [-0.4, -0.2) is 44.2 Å². The van der Waals surface area contributed by atoms with E-state index in [-0.39, 0.29) is 27.9 Å². The molecule has 1 aromatic carbocycles. The number of nitrogens with zero attached hydrogens (tertiary/aromatic N) is 2. The first-order valence-electron chi connectivity index (χ1n) is 6.90. The van der Waals surface area contributed by atoms with E-state index in [0.29, 0.717) is 0 Å². The van der Waals surface area contributed by atoms with Crippen molar-refractivity contribution < 1.29 is 17.6 Å². The molecular formula is C15H16ClFN2O3S2. The standard InChI is InChI=1S/C15H16ClFN2O3S2/c1-18(9-11-12(16)5-3-6-13(11)17)14(20)10-19(2)24(21,22)15-7-4-8-23-15/h3-8H,9-10H2,1-2H3. The van der Waals surface area contributed by atoms with Crippen LogP contribution in [0.2, 0.25) is 5.02 Å². The minimum atomic E-state index is -3.71. The molecule has 0 fully saturated rings. The Morgan fingerprint density at radius 3 is 2.54 bits per heavy atom. The van der Waals surface area contributed by atoms with Gasteiger partial charge in [-0.25, -0.2) is 12.8 Å². The van der Waals surface area contributed by atoms with Crippen LogP contribution in [0.4, 0.5) is 4.39 Å². The van der Waals surface area contributed by atoms with Gasteiger partial charge in [0.2, 0.25) is 5.91 Å². The molecule has 24 heavy (non-hydrogen) atoms. The third kappa shape index (κ3) is 4.13. The van der Waals surface area contributed by atoms with Crippen LogP contribution in [0, 0.1) is 5.82 Å². The summed E-state index contributed by atoms with van der Waals surface area (Å²) >= 11 is 7.02. The van der Waals surface area contributed by atoms with Gasteiger partial charge in [0.05, 0.1) is 6.54 Å². The number of rotatable bonds is 6. The first-order chi connectivity index (χ1) is 11.2. The second-order valence-corrected chi connectivity index (χ2v) is 8.77. The molecule has 0 N–H and O–H groups in total. The highest BCUT2D eigenvalue weighted by atomic mass is 35.5. The van der Waals surface area contributed by atoms with Gasteiger partial charge in [-0.15, -0.1) is 11.3 Å². The molecule has 0 unspecified atom stereocenters. The van der Waals surface area contributed by atoms with E-state index in [0.717, 1.165) is 15.6 Å². The molecule has 0 saturated heterocycles. The van der Waals surface area contributed by atoms with Crippen LogP contribution in [0.1, 0.15) is 5.56 Å². The van der Waals surface area contributed by atoms with E-state index in [9.17, 15) is 17.6 Å². The minimum Gasteiger partial charge on any atom is -0.340 e. The van der Waals surface area contributed by atoms with Gasteiger partial charge in [-0.05, 0) is 23.6 Å². The van der Waals surface area contributed by atoms with Gasteiger partial charge in [0.25, 0.3) is 10.0 Å². The first kappa shape index (κ1) is 18.9. The van der Waals surface area contributed by atoms with Crippen LogP contribution in [0.15, 0.2) is 39.9 Å². The molecule has 0 aliphatic carbocycles. The van der Waals surface area contributed by atoms with E-state index in [1.165, 1.54) is 43.3 Å². The molecule has 0 aliphatic heterocycles. The van der Waals surface area contributed by atoms with Crippen molar-refractivity contribution in [2.24, 2.45) is 0 Å². The van der Waals surface area contributed by atoms with Crippen molar-refractivity contribution in [3.8, 4) is 0 Å². The molecule has 1 heterocycles. The SMILES string of the molecule is CN(Cc1c(F)cccc1Cl)C(=O)CN(C)S(=O)(=O)c1cccs1. The summed E-state index contributed by atoms with van der Waals surface area (Å²) in [4.78, 5) is 13.5. The number of thiophene rings is 1. The summed E-state index contributed by atoms with van der Waals surface area (Å²) in [5, 5.41) is 1.86. The fourth-order valence-electron chi connectivity index (χ4n) is 1.97. The number of carbonyl (C=O) groups is 1. The third-order valence-electron chi connectivity index (χ3n) is 3.40. The largest absolute Gasteiger partial charge is 0.340 e. The van der Waals surface area contributed by atoms with Crippen LogP contribution < -0.4 is 0 Å². The number of hydrogen-bond donors (Lipinski definition) is 0. The Kier molecular flexibility index (Phi) is 5.97. The van der Waals surface area contributed by atoms with Gasteiger partial charge < -0.3 is 4.90 Å². The molecule has 5 nitrogen and oxygen atoms in total. The van der Waals surface area contributed by atoms with Gasteiger partial charge in [0.15, 0.2) is 0 Å². The molecule has 0 radical (unpaired) electrons. The Bertz CT molecular complexity index is 805. The smallest absolute Gasteiger partial charge is 0.252 e. The number of benzene rings is 1. The normalized spacial score (nSPS) is 11.7. The maximum absolute atomic E-state index is 13.8. The predicted molar refractivity (Wildman–Crippen MR) is 92.0 cm³/mol. The molecule has 0 aliphatic rings. The number of likely N-dealkylation sites (N-methyl/N-ethyl adjacent to an activating group) is 2. The molecular weight excluding hydrogens is 375 g/mol. The molecule has 1 amide bonds. The van der Waals surface area contributed by atoms with Crippen LogP contribution in [0.5, 0.6) is 0 Å². The van der Waals surface area contributed by atoms with Gasteiger partial charge in [-0.2, -0.15) is 4.31 Å². The summed E-state index contributed by atoms with van der Waals surface area (Å²) in [6, 6.07) is 7.37. The Morgan fingerprint density at radius 2 is 1.96 bits per heavy atom. The summed E-state index contributed by atoms with van der Waals surface area (Å²) < 4.78 is 39.5. The zero-order valence-electron chi connectivity index (χ0n) is 13.1. The lowest BCUT2D eigenvalue weighted by Gasteiger charge is -2.22. The van der Waals surface area contributed by atoms with E-state index < -0.39 is 21.7 Å². The highest BCUT2D eigenvalue weighted by molar-refractivity contribution is 7.91. The predicted octanol–water partition coefficient (Wildman–Crippen LogP) is 2.82. The first-order valence-corrected chi connectivity index (χ1v) is 9.60. The van der Waals surface area contributed by atoms with Crippen LogP contribution in [0.3, 0.4) is 0 Å². The monoisotopic (exact) mass is 390 g/mol. The number of hydrogen-bond acceptors (Lipinski definition) is 4. The lowest BCUT2D eigenvalue weighted by molar-refractivity contribution is -0.130. The van der Waals surface area contributed by atoms with Gasteiger partial charge in [-0.1, -0.05) is 23.7 Å². The fraction of sp³-hybridized carbons (Fsp3) is 0.267. The summed E-state index contributed by atoms with van der Waals surface area (Å²) in [7, 11) is -0.910. The van der Waals surface area contributed by atoms with E-state index in [4.69, 9.17) is 11.6 Å². The summed E-state index contributed by atoms with van der Waals surface area (Å²) in [5.74, 6) is -0.973. The van der Waals surface area contributed by atoms with E-state index in [2.05, 4.69) is 0 Å². The highest BCUT2D eigenvalue weighted by Crippen LogP contribution is 2.22. The van der Waals surface area contributed by atoms with Crippen LogP contribution in [0.25, 0.3) is 0 Å². The molecule has 130 valence electrons. The summed E-state index contributed by atoms with van der Waals surface area (Å²) in [6.07, 6.45) is 0. The zero-order chi connectivity index (χ0) is 17.9. The van der Waals surface area contributed by atoms with Gasteiger partial charge in [0.1, 0.15) is 10.0 Å². The topological polar surface area (TPSA) is 57.7 Å². The zero-order valence-corrected chi connectivity index (χ0v) is 15.5. The molecule has 0 bridgehead atoms. The maximum Gasteiger partial charge on any atom is 0.252 e. The van der Waals surface area contributed by atoms with Crippen molar-refractivity contribution >= 4 is 38.9 Å². The fourth-order valence-corrected chi connectivity index (χ4v) is 4.51. The average molecular weight is 391 g/mol. The average Bonchev–Trinajstić information content (AvgIpc) is 3.05. The van der Waals surface area contributed by atoms with Crippen molar-refractivity contribution in [2.45, 2.75) is 10.8 Å². The van der Waals surface area contributed by atoms with E-state index in [1.807, 2.05) is 0 Å². The number of amides is 1. The molecule has 0 atom stereocenters. The molecule has 0 saturated carbocycles. The second-order valence-electron chi connectivity index (χ2n) is 5.14. The number of sulfonamides is 1. The van der Waals surface area contributed by atoms with E-state index in [1.54, 1.807) is 11.4 Å². The summed E-state index contributed by atoms with van der Waals surface area (Å²) in [5.41, 5.74) is 0.193. The van der Waals surface area contributed by atoms with Crippen LogP contribution >= 0.6 is 22.9 Å². The lowest BCUT2D eigenvalue weighted by atomic mass is 10.2. The second kappa shape index (κ2) is 7.60. The maximum atomic E-state index is 13.8. The Balaban J connectivity index is 2.07. The van der Waals surface area contributed by atoms with Crippen LogP contribution in [-0.2, 0) is 21.4 Å². The van der Waals surface area contributed by atoms with Crippen molar-refractivity contribution in [1.82, 2.24) is 9.21 Å². The molecule has 0 spiro atoms. The van der Waals surface area contributed by atoms with Crippen molar-refractivity contribution in [3.63, 3.8) is 0 Å². The number of carbonyl (C=O) groups excluding carboxylic acids is 1. The molecule has 2 aromatic rings. The van der Waals surface area contributed by atoms with E-state index >= 15 is 0 Å². The van der Waals surface area contributed by atoms with Crippen molar-refractivity contribution in [1.29, 1.82) is 0 Å². The molecule has 2 rings (SSSR count). The lowest BCUT2D eigenvalue weighted by Crippen LogP contribution is -2.39. The molecule has 1 aromatic heterocycles. The summed E-state index contributed by atoms with van der Waals surface area (Å²) in [6.45, 7) is -0.389. The quantitative estimate of drug-likeness (QED) is 0.762. The van der Waals surface area contributed by atoms with Gasteiger partial charge in [0, 0.05) is 31.2 Å². The van der Waals surface area contributed by atoms with Gasteiger partial charge >= 0.3 is 0 Å². The van der Waals surface area contributed by atoms with Crippen molar-refractivity contribution in [3.05, 3.63) is 52.1 Å². The van der Waals surface area contributed by atoms with Gasteiger partial charge in [-0.3, -0.25) is 4.79 Å².